The maximum absolute atomic E-state index is 13.0. The Morgan fingerprint density at radius 3 is 2.88 bits per heavy atom. The number of halogens is 2. The van der Waals surface area contributed by atoms with E-state index in [4.69, 9.17) is 16.3 Å². The van der Waals surface area contributed by atoms with Crippen LogP contribution in [0.1, 0.15) is 0 Å². The van der Waals surface area contributed by atoms with E-state index in [0.717, 1.165) is 0 Å². The quantitative estimate of drug-likeness (QED) is 0.807. The van der Waals surface area contributed by atoms with Crippen LogP contribution in [-0.2, 0) is 0 Å². The summed E-state index contributed by atoms with van der Waals surface area (Å²) in [6.45, 7) is 0. The monoisotopic (exact) mass is 238 g/mol. The highest BCUT2D eigenvalue weighted by atomic mass is 35.5. The van der Waals surface area contributed by atoms with Crippen molar-refractivity contribution in [3.63, 3.8) is 0 Å². The zero-order valence-electron chi connectivity index (χ0n) is 8.45. The van der Waals surface area contributed by atoms with Crippen LogP contribution in [0, 0.1) is 5.82 Å². The van der Waals surface area contributed by atoms with Gasteiger partial charge in [0.25, 0.3) is 0 Å². The molecule has 0 unspecified atom stereocenters. The molecule has 16 heavy (non-hydrogen) atoms. The highest BCUT2D eigenvalue weighted by Crippen LogP contribution is 2.24. The predicted molar refractivity (Wildman–Crippen MR) is 59.0 cm³/mol. The van der Waals surface area contributed by atoms with Crippen molar-refractivity contribution in [3.8, 4) is 17.3 Å². The first-order chi connectivity index (χ1) is 7.70. The predicted octanol–water partition coefficient (Wildman–Crippen LogP) is 2.94. The summed E-state index contributed by atoms with van der Waals surface area (Å²) in [6, 6.07) is 6.01. The van der Waals surface area contributed by atoms with Gasteiger partial charge in [0.2, 0.25) is 5.88 Å². The number of rotatable bonds is 2. The second-order valence-electron chi connectivity index (χ2n) is 3.06. The van der Waals surface area contributed by atoms with Gasteiger partial charge in [-0.3, -0.25) is 0 Å². The van der Waals surface area contributed by atoms with Gasteiger partial charge in [0.05, 0.1) is 13.3 Å². The molecule has 2 rings (SSSR count). The maximum Gasteiger partial charge on any atom is 0.235 e. The van der Waals surface area contributed by atoms with Crippen LogP contribution in [0.5, 0.6) is 5.88 Å². The van der Waals surface area contributed by atoms with Gasteiger partial charge in [0.15, 0.2) is 5.82 Å². The fraction of sp³-hybridized carbons (Fsp3) is 0.0909. The van der Waals surface area contributed by atoms with E-state index in [9.17, 15) is 4.39 Å². The van der Waals surface area contributed by atoms with Gasteiger partial charge in [-0.2, -0.15) is 4.98 Å². The van der Waals surface area contributed by atoms with Crippen molar-refractivity contribution in [3.05, 3.63) is 41.3 Å². The number of ether oxygens (including phenoxy) is 1. The summed E-state index contributed by atoms with van der Waals surface area (Å²) in [6.07, 6.45) is 1.42. The first-order valence-electron chi connectivity index (χ1n) is 4.53. The summed E-state index contributed by atoms with van der Waals surface area (Å²) in [5, 5.41) is 0.322. The van der Waals surface area contributed by atoms with Crippen molar-refractivity contribution in [1.82, 2.24) is 9.97 Å². The van der Waals surface area contributed by atoms with E-state index >= 15 is 0 Å². The van der Waals surface area contributed by atoms with E-state index in [1.807, 2.05) is 0 Å². The second-order valence-corrected chi connectivity index (χ2v) is 3.47. The molecule has 82 valence electrons. The zero-order valence-corrected chi connectivity index (χ0v) is 9.20. The molecule has 0 saturated heterocycles. The smallest absolute Gasteiger partial charge is 0.235 e. The van der Waals surface area contributed by atoms with E-state index in [1.165, 1.54) is 25.4 Å². The van der Waals surface area contributed by atoms with Crippen molar-refractivity contribution in [2.45, 2.75) is 0 Å². The van der Waals surface area contributed by atoms with E-state index in [-0.39, 0.29) is 11.7 Å². The van der Waals surface area contributed by atoms with Gasteiger partial charge in [-0.15, -0.1) is 0 Å². The molecule has 0 amide bonds. The summed E-state index contributed by atoms with van der Waals surface area (Å²) in [4.78, 5) is 8.08. The fourth-order valence-electron chi connectivity index (χ4n) is 1.26. The van der Waals surface area contributed by atoms with Crippen LogP contribution in [0.25, 0.3) is 11.4 Å². The molecule has 3 nitrogen and oxygen atoms in total. The third-order valence-electron chi connectivity index (χ3n) is 1.99. The van der Waals surface area contributed by atoms with Crippen LogP contribution in [0.3, 0.4) is 0 Å². The molecule has 0 spiro atoms. The lowest BCUT2D eigenvalue weighted by atomic mass is 10.2. The number of hydrogen-bond donors (Lipinski definition) is 0. The lowest BCUT2D eigenvalue weighted by molar-refractivity contribution is 0.397. The van der Waals surface area contributed by atoms with E-state index < -0.39 is 0 Å². The summed E-state index contributed by atoms with van der Waals surface area (Å²) < 4.78 is 18.0. The topological polar surface area (TPSA) is 35.0 Å². The summed E-state index contributed by atoms with van der Waals surface area (Å²) in [7, 11) is 1.46. The third kappa shape index (κ3) is 2.12. The molecular weight excluding hydrogens is 231 g/mol. The number of methoxy groups -OCH3 is 1. The number of nitrogens with zero attached hydrogens (tertiary/aromatic N) is 2. The molecule has 1 aromatic carbocycles. The molecule has 0 saturated carbocycles. The van der Waals surface area contributed by atoms with Crippen molar-refractivity contribution in [2.75, 3.05) is 7.11 Å². The molecule has 0 bridgehead atoms. The molecule has 0 fully saturated rings. The minimum Gasteiger partial charge on any atom is -0.480 e. The van der Waals surface area contributed by atoms with Crippen LogP contribution in [0.4, 0.5) is 4.39 Å². The Hall–Kier alpha value is -1.68. The van der Waals surface area contributed by atoms with E-state index in [0.29, 0.717) is 16.4 Å². The lowest BCUT2D eigenvalue weighted by Crippen LogP contribution is -1.94. The van der Waals surface area contributed by atoms with Gasteiger partial charge in [-0.25, -0.2) is 9.37 Å². The molecule has 1 heterocycles. The number of benzene rings is 1. The Morgan fingerprint density at radius 1 is 1.38 bits per heavy atom. The Kier molecular flexibility index (Phi) is 3.01. The van der Waals surface area contributed by atoms with Gasteiger partial charge in [-0.05, 0) is 12.1 Å². The molecule has 0 aliphatic rings. The minimum atomic E-state index is -0.338. The summed E-state index contributed by atoms with van der Waals surface area (Å²) >= 11 is 5.79. The fourth-order valence-corrected chi connectivity index (χ4v) is 1.43. The van der Waals surface area contributed by atoms with Crippen LogP contribution in [-0.4, -0.2) is 17.1 Å². The van der Waals surface area contributed by atoms with E-state index in [2.05, 4.69) is 9.97 Å². The molecule has 1 aromatic heterocycles. The summed E-state index contributed by atoms with van der Waals surface area (Å²) in [5.41, 5.74) is 0.579. The second kappa shape index (κ2) is 4.45. The highest BCUT2D eigenvalue weighted by Gasteiger charge is 2.07. The molecule has 0 radical (unpaired) electrons. The van der Waals surface area contributed by atoms with Crippen LogP contribution < -0.4 is 4.74 Å². The molecule has 2 aromatic rings. The van der Waals surface area contributed by atoms with Crippen LogP contribution in [0.2, 0.25) is 5.02 Å². The Morgan fingerprint density at radius 2 is 2.19 bits per heavy atom. The Labute approximate surface area is 96.9 Å². The molecule has 5 heteroatoms. The van der Waals surface area contributed by atoms with Crippen molar-refractivity contribution < 1.29 is 9.13 Å². The van der Waals surface area contributed by atoms with Crippen molar-refractivity contribution in [2.24, 2.45) is 0 Å². The lowest BCUT2D eigenvalue weighted by Gasteiger charge is -2.04. The molecular formula is C11H8ClFN2O. The van der Waals surface area contributed by atoms with Gasteiger partial charge in [0, 0.05) is 5.56 Å². The zero-order chi connectivity index (χ0) is 11.5. The van der Waals surface area contributed by atoms with Gasteiger partial charge >= 0.3 is 0 Å². The maximum atomic E-state index is 13.0. The third-order valence-corrected chi connectivity index (χ3v) is 2.25. The van der Waals surface area contributed by atoms with Crippen LogP contribution >= 0.6 is 11.6 Å². The average Bonchev–Trinajstić information content (AvgIpc) is 2.29. The first-order valence-corrected chi connectivity index (χ1v) is 4.91. The van der Waals surface area contributed by atoms with E-state index in [1.54, 1.807) is 12.1 Å². The highest BCUT2D eigenvalue weighted by molar-refractivity contribution is 6.31. The SMILES string of the molecule is COc1nc(-c2cccc(F)c2)ncc1Cl. The van der Waals surface area contributed by atoms with Gasteiger partial charge < -0.3 is 4.74 Å². The molecule has 0 atom stereocenters. The van der Waals surface area contributed by atoms with Gasteiger partial charge in [0.1, 0.15) is 10.8 Å². The normalized spacial score (nSPS) is 10.2. The number of aromatic nitrogens is 2. The Bertz CT molecular complexity index is 519. The minimum absolute atomic E-state index is 0.274. The van der Waals surface area contributed by atoms with Crippen LogP contribution in [0.15, 0.2) is 30.5 Å². The van der Waals surface area contributed by atoms with Crippen molar-refractivity contribution in [1.29, 1.82) is 0 Å². The largest absolute Gasteiger partial charge is 0.480 e. The summed E-state index contributed by atoms with van der Waals surface area (Å²) in [5.74, 6) is 0.312. The van der Waals surface area contributed by atoms with Crippen molar-refractivity contribution >= 4 is 11.6 Å². The molecule has 0 N–H and O–H groups in total. The first kappa shape index (κ1) is 10.8. The Balaban J connectivity index is 2.48. The standard InChI is InChI=1S/C11H8ClFN2O/c1-16-11-9(12)6-14-10(15-11)7-3-2-4-8(13)5-7/h2-6H,1H3. The molecule has 0 aliphatic carbocycles. The van der Waals surface area contributed by atoms with Gasteiger partial charge in [-0.1, -0.05) is 23.7 Å². The average molecular weight is 239 g/mol. The number of hydrogen-bond acceptors (Lipinski definition) is 3. The molecule has 0 aliphatic heterocycles.